The summed E-state index contributed by atoms with van der Waals surface area (Å²) in [6.07, 6.45) is 0.256. The summed E-state index contributed by atoms with van der Waals surface area (Å²) in [6.45, 7) is 0.291. The van der Waals surface area contributed by atoms with Gasteiger partial charge in [0, 0.05) is 30.6 Å². The molecule has 0 aromatic heterocycles. The monoisotopic (exact) mass is 389 g/mol. The molecule has 9 heteroatoms. The Morgan fingerprint density at radius 2 is 2.15 bits per heavy atom. The molecular formula is C18H16ClN3O5. The average Bonchev–Trinajstić information content (AvgIpc) is 2.65. The van der Waals surface area contributed by atoms with Crippen LogP contribution in [-0.2, 0) is 9.53 Å². The van der Waals surface area contributed by atoms with Gasteiger partial charge in [0.25, 0.3) is 5.69 Å². The van der Waals surface area contributed by atoms with E-state index in [4.69, 9.17) is 11.6 Å². The quantitative estimate of drug-likeness (QED) is 0.459. The first kappa shape index (κ1) is 18.7. The molecule has 2 N–H and O–H groups in total. The summed E-state index contributed by atoms with van der Waals surface area (Å²) in [4.78, 5) is 34.4. The number of carbonyl (C=O) groups excluding carboxylic acids is 2. The number of halogens is 1. The smallest absolute Gasteiger partial charge is 0.339 e. The summed E-state index contributed by atoms with van der Waals surface area (Å²) in [5, 5.41) is 17.2. The molecule has 140 valence electrons. The van der Waals surface area contributed by atoms with E-state index in [0.29, 0.717) is 6.54 Å². The Hall–Kier alpha value is -3.13. The summed E-state index contributed by atoms with van der Waals surface area (Å²) in [5.74, 6) is -1.03. The molecule has 27 heavy (non-hydrogen) atoms. The highest BCUT2D eigenvalue weighted by molar-refractivity contribution is 6.34. The Morgan fingerprint density at radius 3 is 2.85 bits per heavy atom. The van der Waals surface area contributed by atoms with Crippen molar-refractivity contribution >= 4 is 40.5 Å². The van der Waals surface area contributed by atoms with Gasteiger partial charge in [-0.3, -0.25) is 14.9 Å². The SMILES string of the molecule is COC(=O)c1cc([N+](=O)[O-])c(NCC2CC(=O)Nc3ccccc32)cc1Cl. The Kier molecular flexibility index (Phi) is 5.27. The molecular weight excluding hydrogens is 374 g/mol. The van der Waals surface area contributed by atoms with Crippen LogP contribution in [0.1, 0.15) is 28.3 Å². The molecule has 1 unspecified atom stereocenters. The minimum Gasteiger partial charge on any atom is -0.465 e. The number of benzene rings is 2. The third-order valence-electron chi connectivity index (χ3n) is 4.33. The van der Waals surface area contributed by atoms with Crippen LogP contribution in [0.5, 0.6) is 0 Å². The van der Waals surface area contributed by atoms with Crippen molar-refractivity contribution in [1.29, 1.82) is 0 Å². The molecule has 2 aromatic carbocycles. The van der Waals surface area contributed by atoms with Gasteiger partial charge in [0.05, 0.1) is 22.6 Å². The van der Waals surface area contributed by atoms with Gasteiger partial charge in [0.1, 0.15) is 5.69 Å². The van der Waals surface area contributed by atoms with Gasteiger partial charge in [-0.1, -0.05) is 29.8 Å². The van der Waals surface area contributed by atoms with Crippen molar-refractivity contribution in [3.05, 3.63) is 62.7 Å². The van der Waals surface area contributed by atoms with Gasteiger partial charge in [0.2, 0.25) is 5.91 Å². The van der Waals surface area contributed by atoms with Gasteiger partial charge in [0.15, 0.2) is 0 Å². The van der Waals surface area contributed by atoms with Gasteiger partial charge in [-0.15, -0.1) is 0 Å². The lowest BCUT2D eigenvalue weighted by molar-refractivity contribution is -0.384. The molecule has 0 fully saturated rings. The number of hydrogen-bond donors (Lipinski definition) is 2. The average molecular weight is 390 g/mol. The Balaban J connectivity index is 1.88. The molecule has 1 atom stereocenters. The lowest BCUT2D eigenvalue weighted by Crippen LogP contribution is -2.26. The van der Waals surface area contributed by atoms with E-state index in [2.05, 4.69) is 15.4 Å². The van der Waals surface area contributed by atoms with Crippen molar-refractivity contribution < 1.29 is 19.2 Å². The zero-order chi connectivity index (χ0) is 19.6. The number of fused-ring (bicyclic) bond motifs is 1. The van der Waals surface area contributed by atoms with Crippen LogP contribution >= 0.6 is 11.6 Å². The lowest BCUT2D eigenvalue weighted by Gasteiger charge is -2.26. The van der Waals surface area contributed by atoms with Crippen LogP contribution in [-0.4, -0.2) is 30.5 Å². The first-order valence-electron chi connectivity index (χ1n) is 8.09. The number of nitrogens with zero attached hydrogens (tertiary/aromatic N) is 1. The number of anilines is 2. The second kappa shape index (κ2) is 7.63. The van der Waals surface area contributed by atoms with Crippen molar-refractivity contribution in [3.63, 3.8) is 0 Å². The number of para-hydroxylation sites is 1. The molecule has 1 aliphatic rings. The third-order valence-corrected chi connectivity index (χ3v) is 4.65. The number of nitro groups is 1. The molecule has 0 saturated carbocycles. The first-order chi connectivity index (χ1) is 12.9. The molecule has 3 rings (SSSR count). The number of nitrogens with one attached hydrogen (secondary N) is 2. The van der Waals surface area contributed by atoms with Crippen LogP contribution in [0.15, 0.2) is 36.4 Å². The highest BCUT2D eigenvalue weighted by atomic mass is 35.5. The van der Waals surface area contributed by atoms with E-state index in [1.54, 1.807) is 0 Å². The number of rotatable bonds is 5. The van der Waals surface area contributed by atoms with Crippen molar-refractivity contribution in [2.75, 3.05) is 24.3 Å². The maximum absolute atomic E-state index is 11.9. The molecule has 0 aliphatic carbocycles. The standard InChI is InChI=1S/C18H16ClN3O5/c1-27-18(24)12-7-16(22(25)26)15(8-13(12)19)20-9-10-6-17(23)21-14-5-3-2-4-11(10)14/h2-5,7-8,10,20H,6,9H2,1H3,(H,21,23). The summed E-state index contributed by atoms with van der Waals surface area (Å²) in [7, 11) is 1.17. The Labute approximate surface area is 159 Å². The molecule has 8 nitrogen and oxygen atoms in total. The van der Waals surface area contributed by atoms with E-state index in [-0.39, 0.29) is 40.2 Å². The van der Waals surface area contributed by atoms with Gasteiger partial charge in [-0.05, 0) is 17.7 Å². The van der Waals surface area contributed by atoms with Crippen LogP contribution in [0.25, 0.3) is 0 Å². The van der Waals surface area contributed by atoms with Crippen LogP contribution in [0.3, 0.4) is 0 Å². The number of nitro benzene ring substituents is 1. The fourth-order valence-corrected chi connectivity index (χ4v) is 3.28. The predicted octanol–water partition coefficient (Wildman–Crippen LogP) is 3.57. The van der Waals surface area contributed by atoms with Gasteiger partial charge >= 0.3 is 5.97 Å². The van der Waals surface area contributed by atoms with E-state index in [1.807, 2.05) is 24.3 Å². The van der Waals surface area contributed by atoms with Crippen molar-refractivity contribution in [1.82, 2.24) is 0 Å². The van der Waals surface area contributed by atoms with E-state index in [9.17, 15) is 19.7 Å². The number of amides is 1. The molecule has 1 aliphatic heterocycles. The normalized spacial score (nSPS) is 15.5. The second-order valence-electron chi connectivity index (χ2n) is 6.02. The fourth-order valence-electron chi connectivity index (χ4n) is 3.04. The van der Waals surface area contributed by atoms with E-state index < -0.39 is 10.9 Å². The zero-order valence-corrected chi connectivity index (χ0v) is 15.1. The summed E-state index contributed by atoms with van der Waals surface area (Å²) in [6, 6.07) is 9.81. The van der Waals surface area contributed by atoms with Crippen LogP contribution in [0, 0.1) is 10.1 Å². The Bertz CT molecular complexity index is 931. The predicted molar refractivity (Wildman–Crippen MR) is 100 cm³/mol. The van der Waals surface area contributed by atoms with E-state index in [0.717, 1.165) is 17.3 Å². The van der Waals surface area contributed by atoms with Crippen molar-refractivity contribution in [2.45, 2.75) is 12.3 Å². The van der Waals surface area contributed by atoms with E-state index >= 15 is 0 Å². The number of ether oxygens (including phenoxy) is 1. The number of esters is 1. The van der Waals surface area contributed by atoms with Crippen LogP contribution in [0.2, 0.25) is 5.02 Å². The molecule has 0 radical (unpaired) electrons. The highest BCUT2D eigenvalue weighted by Gasteiger charge is 2.26. The maximum atomic E-state index is 11.9. The summed E-state index contributed by atoms with van der Waals surface area (Å²) in [5.41, 5.74) is 1.46. The minimum absolute atomic E-state index is 0.0386. The topological polar surface area (TPSA) is 111 Å². The zero-order valence-electron chi connectivity index (χ0n) is 14.3. The molecule has 0 spiro atoms. The molecule has 0 saturated heterocycles. The lowest BCUT2D eigenvalue weighted by atomic mass is 9.90. The highest BCUT2D eigenvalue weighted by Crippen LogP contribution is 2.35. The van der Waals surface area contributed by atoms with Crippen molar-refractivity contribution in [3.8, 4) is 0 Å². The van der Waals surface area contributed by atoms with Crippen LogP contribution < -0.4 is 10.6 Å². The minimum atomic E-state index is -0.757. The van der Waals surface area contributed by atoms with Gasteiger partial charge in [-0.25, -0.2) is 4.79 Å². The molecule has 1 heterocycles. The summed E-state index contributed by atoms with van der Waals surface area (Å²) >= 11 is 6.08. The van der Waals surface area contributed by atoms with Gasteiger partial charge in [-0.2, -0.15) is 0 Å². The van der Waals surface area contributed by atoms with Crippen LogP contribution in [0.4, 0.5) is 17.1 Å². The number of methoxy groups -OCH3 is 1. The Morgan fingerprint density at radius 1 is 1.41 bits per heavy atom. The fraction of sp³-hybridized carbons (Fsp3) is 0.222. The van der Waals surface area contributed by atoms with E-state index in [1.165, 1.54) is 13.2 Å². The number of carbonyl (C=O) groups is 2. The second-order valence-corrected chi connectivity index (χ2v) is 6.42. The largest absolute Gasteiger partial charge is 0.465 e. The van der Waals surface area contributed by atoms with Gasteiger partial charge < -0.3 is 15.4 Å². The number of hydrogen-bond acceptors (Lipinski definition) is 6. The maximum Gasteiger partial charge on any atom is 0.339 e. The first-order valence-corrected chi connectivity index (χ1v) is 8.47. The van der Waals surface area contributed by atoms with Crippen molar-refractivity contribution in [2.24, 2.45) is 0 Å². The third kappa shape index (κ3) is 3.85. The molecule has 1 amide bonds. The molecule has 0 bridgehead atoms. The molecule has 2 aromatic rings. The summed E-state index contributed by atoms with van der Waals surface area (Å²) < 4.78 is 4.59.